The molecule has 2 saturated heterocycles. The van der Waals surface area contributed by atoms with Crippen LogP contribution in [-0.2, 0) is 0 Å². The third kappa shape index (κ3) is 2.27. The van der Waals surface area contributed by atoms with Crippen molar-refractivity contribution in [3.8, 4) is 0 Å². The number of aliphatic hydroxyl groups excluding tert-OH is 4. The number of nitrogens with zero attached hydrogens (tertiary/aromatic N) is 1. The van der Waals surface area contributed by atoms with Crippen LogP contribution in [0.4, 0.5) is 0 Å². The molecule has 2 rings (SSSR count). The lowest BCUT2D eigenvalue weighted by atomic mass is 9.86. The zero-order chi connectivity index (χ0) is 10.3. The number of fused-ring (bicyclic) bond motifs is 1. The topological polar surface area (TPSA) is 84.2 Å². The van der Waals surface area contributed by atoms with Crippen LogP contribution in [0.2, 0.25) is 0 Å². The van der Waals surface area contributed by atoms with Gasteiger partial charge in [0.2, 0.25) is 0 Å². The third-order valence-electron chi connectivity index (χ3n) is 3.28. The van der Waals surface area contributed by atoms with Crippen molar-refractivity contribution >= 4 is 12.4 Å². The summed E-state index contributed by atoms with van der Waals surface area (Å²) in [7, 11) is 0. The van der Waals surface area contributed by atoms with Gasteiger partial charge in [-0.05, 0) is 19.4 Å². The van der Waals surface area contributed by atoms with Crippen molar-refractivity contribution in [3.05, 3.63) is 0 Å². The maximum absolute atomic E-state index is 9.70. The first-order valence-corrected chi connectivity index (χ1v) is 5.07. The van der Waals surface area contributed by atoms with E-state index in [2.05, 4.69) is 0 Å². The Morgan fingerprint density at radius 3 is 2.27 bits per heavy atom. The van der Waals surface area contributed by atoms with E-state index >= 15 is 0 Å². The van der Waals surface area contributed by atoms with Gasteiger partial charge in [0.15, 0.2) is 0 Å². The molecular formula is C9H18ClNO4. The SMILES string of the molecule is Cl.O[C@@H]1[C@H](O)CN2CCC[C@H](O)C2[C@H]1O. The molecule has 2 aliphatic rings. The van der Waals surface area contributed by atoms with Gasteiger partial charge in [0, 0.05) is 6.54 Å². The summed E-state index contributed by atoms with van der Waals surface area (Å²) in [6.45, 7) is 1.10. The van der Waals surface area contributed by atoms with E-state index in [0.29, 0.717) is 13.0 Å². The molecule has 2 heterocycles. The van der Waals surface area contributed by atoms with Gasteiger partial charge in [0.1, 0.15) is 12.2 Å². The summed E-state index contributed by atoms with van der Waals surface area (Å²) >= 11 is 0. The molecule has 90 valence electrons. The van der Waals surface area contributed by atoms with Gasteiger partial charge in [0.05, 0.1) is 18.2 Å². The van der Waals surface area contributed by atoms with E-state index in [-0.39, 0.29) is 12.4 Å². The summed E-state index contributed by atoms with van der Waals surface area (Å²) in [4.78, 5) is 1.86. The molecule has 0 spiro atoms. The number of rotatable bonds is 0. The molecule has 0 amide bonds. The van der Waals surface area contributed by atoms with Gasteiger partial charge in [0.25, 0.3) is 0 Å². The van der Waals surface area contributed by atoms with Crippen molar-refractivity contribution in [2.45, 2.75) is 43.3 Å². The fraction of sp³-hybridized carbons (Fsp3) is 1.00. The standard InChI is InChI=1S/C9H17NO4.ClH/c11-5-2-1-3-10-4-6(12)8(13)9(14)7(5)10;/h5-9,11-14H,1-4H2;1H/t5-,6+,7?,8+,9+;/m0./s1. The number of piperidine rings is 2. The second-order valence-electron chi connectivity index (χ2n) is 4.24. The van der Waals surface area contributed by atoms with E-state index < -0.39 is 30.5 Å². The predicted molar refractivity (Wildman–Crippen MR) is 55.9 cm³/mol. The lowest BCUT2D eigenvalue weighted by molar-refractivity contribution is -0.169. The first kappa shape index (κ1) is 13.2. The van der Waals surface area contributed by atoms with Crippen LogP contribution in [0, 0.1) is 0 Å². The summed E-state index contributed by atoms with van der Waals surface area (Å²) in [6, 6.07) is -0.415. The Hall–Kier alpha value is 0.0900. The third-order valence-corrected chi connectivity index (χ3v) is 3.28. The van der Waals surface area contributed by atoms with Crippen LogP contribution in [0.3, 0.4) is 0 Å². The van der Waals surface area contributed by atoms with Gasteiger partial charge in [-0.15, -0.1) is 12.4 Å². The largest absolute Gasteiger partial charge is 0.391 e. The molecule has 2 aliphatic heterocycles. The molecule has 5 nitrogen and oxygen atoms in total. The minimum Gasteiger partial charge on any atom is -0.391 e. The summed E-state index contributed by atoms with van der Waals surface area (Å²) in [6.07, 6.45) is -2.17. The van der Waals surface area contributed by atoms with Crippen LogP contribution < -0.4 is 0 Å². The molecule has 2 fully saturated rings. The van der Waals surface area contributed by atoms with Crippen LogP contribution in [0.5, 0.6) is 0 Å². The van der Waals surface area contributed by atoms with Gasteiger partial charge in [-0.2, -0.15) is 0 Å². The molecule has 0 aromatic carbocycles. The van der Waals surface area contributed by atoms with Crippen molar-refractivity contribution in [2.75, 3.05) is 13.1 Å². The number of hydrogen-bond donors (Lipinski definition) is 4. The van der Waals surface area contributed by atoms with E-state index in [0.717, 1.165) is 13.0 Å². The Morgan fingerprint density at radius 1 is 0.933 bits per heavy atom. The molecule has 0 radical (unpaired) electrons. The lowest BCUT2D eigenvalue weighted by Gasteiger charge is -2.48. The molecule has 0 bridgehead atoms. The molecule has 0 aliphatic carbocycles. The maximum Gasteiger partial charge on any atom is 0.109 e. The highest BCUT2D eigenvalue weighted by Gasteiger charge is 2.45. The summed E-state index contributed by atoms with van der Waals surface area (Å²) in [5.41, 5.74) is 0. The van der Waals surface area contributed by atoms with Crippen molar-refractivity contribution in [1.82, 2.24) is 4.90 Å². The van der Waals surface area contributed by atoms with Gasteiger partial charge >= 0.3 is 0 Å². The Balaban J connectivity index is 0.00000112. The Morgan fingerprint density at radius 2 is 1.60 bits per heavy atom. The first-order valence-electron chi connectivity index (χ1n) is 5.07. The van der Waals surface area contributed by atoms with Crippen molar-refractivity contribution in [1.29, 1.82) is 0 Å². The van der Waals surface area contributed by atoms with Crippen molar-refractivity contribution < 1.29 is 20.4 Å². The Labute approximate surface area is 94.7 Å². The molecular weight excluding hydrogens is 222 g/mol. The highest BCUT2D eigenvalue weighted by Crippen LogP contribution is 2.27. The van der Waals surface area contributed by atoms with Gasteiger partial charge in [-0.3, -0.25) is 4.90 Å². The number of aliphatic hydroxyl groups is 4. The Kier molecular flexibility index (Phi) is 4.34. The zero-order valence-corrected chi connectivity index (χ0v) is 9.18. The van der Waals surface area contributed by atoms with Crippen molar-refractivity contribution in [2.24, 2.45) is 0 Å². The first-order chi connectivity index (χ1) is 6.61. The van der Waals surface area contributed by atoms with Gasteiger partial charge < -0.3 is 20.4 Å². The minimum atomic E-state index is -1.14. The second kappa shape index (κ2) is 4.95. The van der Waals surface area contributed by atoms with Crippen LogP contribution in [-0.4, -0.2) is 68.9 Å². The quantitative estimate of drug-likeness (QED) is 0.406. The fourth-order valence-corrected chi connectivity index (χ4v) is 2.50. The Bertz CT molecular complexity index is 216. The highest BCUT2D eigenvalue weighted by molar-refractivity contribution is 5.85. The van der Waals surface area contributed by atoms with E-state index in [9.17, 15) is 20.4 Å². The number of hydrogen-bond acceptors (Lipinski definition) is 5. The minimum absolute atomic E-state index is 0. The average molecular weight is 240 g/mol. The van der Waals surface area contributed by atoms with Gasteiger partial charge in [-0.25, -0.2) is 0 Å². The normalized spacial score (nSPS) is 46.8. The summed E-state index contributed by atoms with van der Waals surface area (Å²) in [5, 5.41) is 38.3. The molecule has 1 unspecified atom stereocenters. The fourth-order valence-electron chi connectivity index (χ4n) is 2.50. The van der Waals surface area contributed by atoms with Crippen molar-refractivity contribution in [3.63, 3.8) is 0 Å². The van der Waals surface area contributed by atoms with Crippen LogP contribution in [0.25, 0.3) is 0 Å². The van der Waals surface area contributed by atoms with Crippen LogP contribution in [0.1, 0.15) is 12.8 Å². The summed E-state index contributed by atoms with van der Waals surface area (Å²) < 4.78 is 0. The molecule has 5 atom stereocenters. The molecule has 15 heavy (non-hydrogen) atoms. The summed E-state index contributed by atoms with van der Waals surface area (Å²) in [5.74, 6) is 0. The smallest absolute Gasteiger partial charge is 0.109 e. The van der Waals surface area contributed by atoms with E-state index in [1.807, 2.05) is 4.90 Å². The molecule has 0 saturated carbocycles. The molecule has 0 aromatic rings. The monoisotopic (exact) mass is 239 g/mol. The molecule has 0 aromatic heterocycles. The lowest BCUT2D eigenvalue weighted by Crippen LogP contribution is -2.66. The van der Waals surface area contributed by atoms with Gasteiger partial charge in [-0.1, -0.05) is 0 Å². The number of halogens is 1. The van der Waals surface area contributed by atoms with Crippen LogP contribution >= 0.6 is 12.4 Å². The van der Waals surface area contributed by atoms with Crippen LogP contribution in [0.15, 0.2) is 0 Å². The maximum atomic E-state index is 9.70. The molecule has 6 heteroatoms. The second-order valence-corrected chi connectivity index (χ2v) is 4.24. The zero-order valence-electron chi connectivity index (χ0n) is 8.36. The highest BCUT2D eigenvalue weighted by atomic mass is 35.5. The molecule has 4 N–H and O–H groups in total. The van der Waals surface area contributed by atoms with E-state index in [1.54, 1.807) is 0 Å². The average Bonchev–Trinajstić information content (AvgIpc) is 2.14. The van der Waals surface area contributed by atoms with E-state index in [1.165, 1.54) is 0 Å². The van der Waals surface area contributed by atoms with E-state index in [4.69, 9.17) is 0 Å². The predicted octanol–water partition coefficient (Wildman–Crippen LogP) is -1.67.